The molecule has 2 aromatic carbocycles. The number of hydrogen-bond donors (Lipinski definition) is 2. The quantitative estimate of drug-likeness (QED) is 0.680. The van der Waals surface area contributed by atoms with Crippen molar-refractivity contribution in [2.75, 3.05) is 25.0 Å². The number of benzene rings is 2. The Morgan fingerprint density at radius 2 is 1.87 bits per heavy atom. The highest BCUT2D eigenvalue weighted by Crippen LogP contribution is 2.24. The largest absolute Gasteiger partial charge is 0.352 e. The molecule has 30 heavy (non-hydrogen) atoms. The molecule has 0 aromatic heterocycles. The molecule has 0 unspecified atom stereocenters. The van der Waals surface area contributed by atoms with Crippen LogP contribution in [0.1, 0.15) is 42.6 Å². The predicted molar refractivity (Wildman–Crippen MR) is 122 cm³/mol. The highest BCUT2D eigenvalue weighted by atomic mass is 35.5. The summed E-state index contributed by atoms with van der Waals surface area (Å²) < 4.78 is 0. The SMILES string of the molecule is CC(C)CNC(=O)c1ccccc1NC(=O)[C@H]1CCCN(Cc2ccccc2Cl)C1. The van der Waals surface area contributed by atoms with Crippen molar-refractivity contribution in [3.63, 3.8) is 0 Å². The van der Waals surface area contributed by atoms with Crippen LogP contribution in [0.2, 0.25) is 5.02 Å². The summed E-state index contributed by atoms with van der Waals surface area (Å²) in [5.74, 6) is 0.0432. The van der Waals surface area contributed by atoms with Gasteiger partial charge >= 0.3 is 0 Å². The third-order valence-electron chi connectivity index (χ3n) is 5.33. The summed E-state index contributed by atoms with van der Waals surface area (Å²) in [6, 6.07) is 15.0. The summed E-state index contributed by atoms with van der Waals surface area (Å²) in [6.45, 7) is 7.05. The fourth-order valence-corrected chi connectivity index (χ4v) is 3.89. The number of carbonyl (C=O) groups is 2. The van der Waals surface area contributed by atoms with E-state index in [2.05, 4.69) is 15.5 Å². The van der Waals surface area contributed by atoms with Crippen LogP contribution in [0.3, 0.4) is 0 Å². The van der Waals surface area contributed by atoms with Crippen molar-refractivity contribution < 1.29 is 9.59 Å². The van der Waals surface area contributed by atoms with Gasteiger partial charge in [0.1, 0.15) is 0 Å². The van der Waals surface area contributed by atoms with Gasteiger partial charge in [0.2, 0.25) is 5.91 Å². The summed E-state index contributed by atoms with van der Waals surface area (Å²) in [5, 5.41) is 6.67. The molecular formula is C24H30ClN3O2. The van der Waals surface area contributed by atoms with E-state index >= 15 is 0 Å². The van der Waals surface area contributed by atoms with Crippen molar-refractivity contribution in [2.24, 2.45) is 11.8 Å². The Kier molecular flexibility index (Phi) is 7.88. The third kappa shape index (κ3) is 6.07. The van der Waals surface area contributed by atoms with Crippen LogP contribution < -0.4 is 10.6 Å². The molecule has 1 heterocycles. The zero-order chi connectivity index (χ0) is 21.5. The molecule has 0 bridgehead atoms. The second-order valence-corrected chi connectivity index (χ2v) is 8.71. The molecular weight excluding hydrogens is 398 g/mol. The van der Waals surface area contributed by atoms with Crippen LogP contribution in [0.25, 0.3) is 0 Å². The Hall–Kier alpha value is -2.37. The van der Waals surface area contributed by atoms with Crippen molar-refractivity contribution in [1.82, 2.24) is 10.2 Å². The number of carbonyl (C=O) groups excluding carboxylic acids is 2. The number of piperidine rings is 1. The molecule has 3 rings (SSSR count). The van der Waals surface area contributed by atoms with Crippen molar-refractivity contribution in [3.05, 3.63) is 64.7 Å². The number of anilines is 1. The van der Waals surface area contributed by atoms with Gasteiger partial charge in [-0.05, 0) is 49.1 Å². The maximum absolute atomic E-state index is 13.0. The lowest BCUT2D eigenvalue weighted by atomic mass is 9.96. The number of nitrogens with one attached hydrogen (secondary N) is 2. The van der Waals surface area contributed by atoms with E-state index in [1.165, 1.54) is 0 Å². The molecule has 0 spiro atoms. The Labute approximate surface area is 183 Å². The fraction of sp³-hybridized carbons (Fsp3) is 0.417. The smallest absolute Gasteiger partial charge is 0.253 e. The zero-order valence-electron chi connectivity index (χ0n) is 17.7. The molecule has 2 aromatic rings. The van der Waals surface area contributed by atoms with Crippen LogP contribution in [-0.4, -0.2) is 36.3 Å². The standard InChI is InChI=1S/C24H30ClN3O2/c1-17(2)14-26-24(30)20-10-4-6-12-22(20)27-23(29)19-9-7-13-28(16-19)15-18-8-3-5-11-21(18)25/h3-6,8,10-12,17,19H,7,9,13-16H2,1-2H3,(H,26,30)(H,27,29)/t19-/m0/s1. The van der Waals surface area contributed by atoms with Crippen LogP contribution in [0.15, 0.2) is 48.5 Å². The molecule has 1 aliphatic rings. The maximum Gasteiger partial charge on any atom is 0.253 e. The first-order chi connectivity index (χ1) is 14.4. The number of amides is 2. The highest BCUT2D eigenvalue weighted by molar-refractivity contribution is 6.31. The number of halogens is 1. The van der Waals surface area contributed by atoms with Gasteiger partial charge in [-0.15, -0.1) is 0 Å². The molecule has 1 atom stereocenters. The molecule has 2 amide bonds. The van der Waals surface area contributed by atoms with E-state index in [0.717, 1.165) is 36.5 Å². The predicted octanol–water partition coefficient (Wildman–Crippen LogP) is 4.58. The topological polar surface area (TPSA) is 61.4 Å². The minimum atomic E-state index is -0.163. The highest BCUT2D eigenvalue weighted by Gasteiger charge is 2.27. The van der Waals surface area contributed by atoms with Crippen LogP contribution in [-0.2, 0) is 11.3 Å². The zero-order valence-corrected chi connectivity index (χ0v) is 18.4. The van der Waals surface area contributed by atoms with Gasteiger partial charge in [-0.2, -0.15) is 0 Å². The lowest BCUT2D eigenvalue weighted by Gasteiger charge is -2.32. The summed E-state index contributed by atoms with van der Waals surface area (Å²) >= 11 is 6.30. The molecule has 2 N–H and O–H groups in total. The second-order valence-electron chi connectivity index (χ2n) is 8.30. The molecule has 1 fully saturated rings. The summed E-state index contributed by atoms with van der Waals surface area (Å²) in [7, 11) is 0. The lowest BCUT2D eigenvalue weighted by Crippen LogP contribution is -2.40. The number of hydrogen-bond acceptors (Lipinski definition) is 3. The first kappa shape index (κ1) is 22.3. The van der Waals surface area contributed by atoms with Crippen molar-refractivity contribution >= 4 is 29.1 Å². The average molecular weight is 428 g/mol. The van der Waals surface area contributed by atoms with Gasteiger partial charge in [0.05, 0.1) is 17.2 Å². The molecule has 6 heteroatoms. The van der Waals surface area contributed by atoms with E-state index in [9.17, 15) is 9.59 Å². The molecule has 5 nitrogen and oxygen atoms in total. The van der Waals surface area contributed by atoms with Crippen molar-refractivity contribution in [2.45, 2.75) is 33.2 Å². The van der Waals surface area contributed by atoms with Gasteiger partial charge in [0, 0.05) is 24.7 Å². The van der Waals surface area contributed by atoms with Crippen molar-refractivity contribution in [3.8, 4) is 0 Å². The third-order valence-corrected chi connectivity index (χ3v) is 5.70. The van der Waals surface area contributed by atoms with Crippen LogP contribution in [0.4, 0.5) is 5.69 Å². The minimum Gasteiger partial charge on any atom is -0.352 e. The fourth-order valence-electron chi connectivity index (χ4n) is 3.70. The average Bonchev–Trinajstić information content (AvgIpc) is 2.74. The van der Waals surface area contributed by atoms with Crippen LogP contribution in [0.5, 0.6) is 0 Å². The second kappa shape index (κ2) is 10.6. The molecule has 0 radical (unpaired) electrons. The first-order valence-electron chi connectivity index (χ1n) is 10.6. The minimum absolute atomic E-state index is 0.0389. The molecule has 1 saturated heterocycles. The molecule has 0 aliphatic carbocycles. The summed E-state index contributed by atoms with van der Waals surface area (Å²) in [4.78, 5) is 27.8. The van der Waals surface area contributed by atoms with Crippen molar-refractivity contribution in [1.29, 1.82) is 0 Å². The monoisotopic (exact) mass is 427 g/mol. The molecule has 0 saturated carbocycles. The summed E-state index contributed by atoms with van der Waals surface area (Å²) in [6.07, 6.45) is 1.80. The van der Waals surface area contributed by atoms with E-state index in [0.29, 0.717) is 30.3 Å². The Morgan fingerprint density at radius 3 is 2.63 bits per heavy atom. The van der Waals surface area contributed by atoms with Gasteiger partial charge in [0.15, 0.2) is 0 Å². The Bertz CT molecular complexity index is 884. The van der Waals surface area contributed by atoms with Gasteiger partial charge in [0.25, 0.3) is 5.91 Å². The maximum atomic E-state index is 13.0. The van der Waals surface area contributed by atoms with E-state index in [-0.39, 0.29) is 17.7 Å². The van der Waals surface area contributed by atoms with E-state index in [1.54, 1.807) is 12.1 Å². The van der Waals surface area contributed by atoms with E-state index < -0.39 is 0 Å². The van der Waals surface area contributed by atoms with Gasteiger partial charge in [-0.1, -0.05) is 55.8 Å². The van der Waals surface area contributed by atoms with E-state index in [1.807, 2.05) is 50.2 Å². The molecule has 160 valence electrons. The molecule has 1 aliphatic heterocycles. The van der Waals surface area contributed by atoms with Crippen LogP contribution in [0, 0.1) is 11.8 Å². The number of rotatable bonds is 7. The van der Waals surface area contributed by atoms with Gasteiger partial charge in [-0.3, -0.25) is 14.5 Å². The number of para-hydroxylation sites is 1. The lowest BCUT2D eigenvalue weighted by molar-refractivity contribution is -0.121. The Balaban J connectivity index is 1.63. The number of likely N-dealkylation sites (tertiary alicyclic amines) is 1. The van der Waals surface area contributed by atoms with Crippen LogP contribution >= 0.6 is 11.6 Å². The Morgan fingerprint density at radius 1 is 1.13 bits per heavy atom. The normalized spacial score (nSPS) is 17.0. The number of nitrogens with zero attached hydrogens (tertiary/aromatic N) is 1. The summed E-state index contributed by atoms with van der Waals surface area (Å²) in [5.41, 5.74) is 2.13. The van der Waals surface area contributed by atoms with Gasteiger partial charge < -0.3 is 10.6 Å². The van der Waals surface area contributed by atoms with E-state index in [4.69, 9.17) is 11.6 Å². The van der Waals surface area contributed by atoms with Gasteiger partial charge in [-0.25, -0.2) is 0 Å². The first-order valence-corrected chi connectivity index (χ1v) is 11.0.